The molecule has 1 saturated heterocycles. The van der Waals surface area contributed by atoms with Crippen molar-refractivity contribution in [2.75, 3.05) is 18.0 Å². The fourth-order valence-corrected chi connectivity index (χ4v) is 4.05. The number of rotatable bonds is 5. The van der Waals surface area contributed by atoms with E-state index in [4.69, 9.17) is 5.73 Å². The van der Waals surface area contributed by atoms with Gasteiger partial charge in [-0.3, -0.25) is 4.79 Å². The number of hydrogen-bond donors (Lipinski definition) is 2. The molecule has 2 unspecified atom stereocenters. The number of nitrogens with zero attached hydrogens (tertiary/aromatic N) is 3. The lowest BCUT2D eigenvalue weighted by Crippen LogP contribution is -2.47. The third kappa shape index (κ3) is 2.90. The Morgan fingerprint density at radius 2 is 2.30 bits per heavy atom. The van der Waals surface area contributed by atoms with Crippen LogP contribution in [0.3, 0.4) is 0 Å². The second-order valence-electron chi connectivity index (χ2n) is 6.43. The van der Waals surface area contributed by atoms with Crippen LogP contribution in [0.5, 0.6) is 0 Å². The van der Waals surface area contributed by atoms with Gasteiger partial charge < -0.3 is 16.0 Å². The molecule has 1 saturated carbocycles. The molecule has 23 heavy (non-hydrogen) atoms. The molecule has 2 atom stereocenters. The van der Waals surface area contributed by atoms with Gasteiger partial charge in [-0.1, -0.05) is 0 Å². The highest BCUT2D eigenvalue weighted by Crippen LogP contribution is 2.32. The molecular formula is C16H21N5OS. The van der Waals surface area contributed by atoms with E-state index >= 15 is 0 Å². The summed E-state index contributed by atoms with van der Waals surface area (Å²) in [6, 6.07) is 1.97. The zero-order valence-corrected chi connectivity index (χ0v) is 13.8. The van der Waals surface area contributed by atoms with E-state index in [1.165, 1.54) is 12.8 Å². The fraction of sp³-hybridized carbons (Fsp3) is 0.562. The van der Waals surface area contributed by atoms with Gasteiger partial charge >= 0.3 is 0 Å². The zero-order valence-electron chi connectivity index (χ0n) is 12.9. The van der Waals surface area contributed by atoms with E-state index in [1.807, 2.05) is 11.4 Å². The molecule has 2 aromatic heterocycles. The van der Waals surface area contributed by atoms with Crippen molar-refractivity contribution < 1.29 is 4.79 Å². The molecule has 3 heterocycles. The molecule has 1 aliphatic heterocycles. The molecule has 122 valence electrons. The quantitative estimate of drug-likeness (QED) is 0.868. The Hall–Kier alpha value is -1.73. The predicted octanol–water partition coefficient (Wildman–Crippen LogP) is 1.51. The summed E-state index contributed by atoms with van der Waals surface area (Å²) < 4.78 is 0. The van der Waals surface area contributed by atoms with Crippen LogP contribution >= 0.6 is 11.3 Å². The van der Waals surface area contributed by atoms with Crippen molar-refractivity contribution in [2.24, 2.45) is 11.7 Å². The molecule has 0 bridgehead atoms. The van der Waals surface area contributed by atoms with Crippen LogP contribution < -0.4 is 16.0 Å². The number of anilines is 1. The van der Waals surface area contributed by atoms with Crippen molar-refractivity contribution in [3.8, 4) is 0 Å². The van der Waals surface area contributed by atoms with E-state index in [2.05, 4.69) is 20.2 Å². The minimum atomic E-state index is -0.153. The first-order valence-corrected chi connectivity index (χ1v) is 9.10. The van der Waals surface area contributed by atoms with Crippen molar-refractivity contribution in [3.05, 3.63) is 17.8 Å². The fourth-order valence-electron chi connectivity index (χ4n) is 3.33. The second-order valence-corrected chi connectivity index (χ2v) is 7.33. The highest BCUT2D eigenvalue weighted by atomic mass is 32.1. The van der Waals surface area contributed by atoms with Gasteiger partial charge in [-0.15, -0.1) is 11.3 Å². The Morgan fingerprint density at radius 3 is 3.13 bits per heavy atom. The molecule has 0 radical (unpaired) electrons. The summed E-state index contributed by atoms with van der Waals surface area (Å²) in [6.45, 7) is 1.43. The van der Waals surface area contributed by atoms with Crippen molar-refractivity contribution in [3.63, 3.8) is 0 Å². The Bertz CT molecular complexity index is 713. The Balaban J connectivity index is 1.49. The number of thiophene rings is 1. The first-order valence-electron chi connectivity index (χ1n) is 8.22. The maximum absolute atomic E-state index is 12.6. The van der Waals surface area contributed by atoms with Gasteiger partial charge in [0, 0.05) is 19.1 Å². The van der Waals surface area contributed by atoms with Crippen LogP contribution in [0.25, 0.3) is 10.2 Å². The largest absolute Gasteiger partial charge is 0.353 e. The second kappa shape index (κ2) is 6.05. The maximum Gasteiger partial charge on any atom is 0.242 e. The van der Waals surface area contributed by atoms with Crippen LogP contribution in [-0.2, 0) is 4.79 Å². The van der Waals surface area contributed by atoms with Crippen LogP contribution in [0.15, 0.2) is 17.8 Å². The number of nitrogens with two attached hydrogens (primary N) is 1. The molecule has 0 aromatic carbocycles. The number of fused-ring (bicyclic) bond motifs is 1. The average Bonchev–Trinajstić information content (AvgIpc) is 3.11. The van der Waals surface area contributed by atoms with E-state index < -0.39 is 0 Å². The summed E-state index contributed by atoms with van der Waals surface area (Å²) >= 11 is 1.60. The highest BCUT2D eigenvalue weighted by Gasteiger charge is 2.34. The molecule has 6 nitrogen and oxygen atoms in total. The molecular weight excluding hydrogens is 310 g/mol. The third-order valence-corrected chi connectivity index (χ3v) is 5.63. The molecule has 0 spiro atoms. The van der Waals surface area contributed by atoms with E-state index in [9.17, 15) is 4.79 Å². The van der Waals surface area contributed by atoms with Crippen molar-refractivity contribution in [2.45, 2.75) is 37.8 Å². The van der Waals surface area contributed by atoms with Crippen LogP contribution in [-0.4, -0.2) is 41.0 Å². The summed E-state index contributed by atoms with van der Waals surface area (Å²) in [7, 11) is 0. The predicted molar refractivity (Wildman–Crippen MR) is 91.5 cm³/mol. The topological polar surface area (TPSA) is 84.1 Å². The Labute approximate surface area is 139 Å². The number of amides is 1. The highest BCUT2D eigenvalue weighted by molar-refractivity contribution is 7.16. The lowest BCUT2D eigenvalue weighted by molar-refractivity contribution is -0.122. The van der Waals surface area contributed by atoms with Gasteiger partial charge in [0.1, 0.15) is 23.0 Å². The van der Waals surface area contributed by atoms with Gasteiger partial charge in [0.15, 0.2) is 0 Å². The van der Waals surface area contributed by atoms with Gasteiger partial charge in [0.05, 0.1) is 5.39 Å². The molecule has 3 N–H and O–H groups in total. The van der Waals surface area contributed by atoms with Crippen LogP contribution in [0.2, 0.25) is 0 Å². The lowest BCUT2D eigenvalue weighted by Gasteiger charge is -2.26. The van der Waals surface area contributed by atoms with Crippen molar-refractivity contribution >= 4 is 33.3 Å². The molecule has 4 rings (SSSR count). The van der Waals surface area contributed by atoms with E-state index in [1.54, 1.807) is 17.7 Å². The number of carbonyl (C=O) groups is 1. The standard InChI is InChI=1S/C16H21N5OS/c17-12(10-3-4-10)8-18-15(22)13-2-1-6-21(13)14-11-5-7-23-16(11)20-9-19-14/h5,7,9-10,12-13H,1-4,6,8,17H2,(H,18,22). The Kier molecular flexibility index (Phi) is 3.90. The van der Waals surface area contributed by atoms with E-state index in [0.717, 1.165) is 35.4 Å². The van der Waals surface area contributed by atoms with E-state index in [-0.39, 0.29) is 18.0 Å². The van der Waals surface area contributed by atoms with Crippen molar-refractivity contribution in [1.82, 2.24) is 15.3 Å². The monoisotopic (exact) mass is 331 g/mol. The molecule has 2 fully saturated rings. The van der Waals surface area contributed by atoms with Gasteiger partial charge in [0.25, 0.3) is 0 Å². The SMILES string of the molecule is NC(CNC(=O)C1CCCN1c1ncnc2sccc12)C1CC1. The van der Waals surface area contributed by atoms with Crippen molar-refractivity contribution in [1.29, 1.82) is 0 Å². The third-order valence-electron chi connectivity index (χ3n) is 4.81. The molecule has 1 aliphatic carbocycles. The van der Waals surface area contributed by atoms with Crippen LogP contribution in [0.4, 0.5) is 5.82 Å². The normalized spacial score (nSPS) is 22.5. The van der Waals surface area contributed by atoms with E-state index in [0.29, 0.717) is 12.5 Å². The summed E-state index contributed by atoms with van der Waals surface area (Å²) in [6.07, 6.45) is 5.85. The first-order chi connectivity index (χ1) is 11.2. The van der Waals surface area contributed by atoms with Gasteiger partial charge in [-0.25, -0.2) is 9.97 Å². The summed E-state index contributed by atoms with van der Waals surface area (Å²) in [5.41, 5.74) is 6.08. The number of carbonyl (C=O) groups excluding carboxylic acids is 1. The Morgan fingerprint density at radius 1 is 1.43 bits per heavy atom. The zero-order chi connectivity index (χ0) is 15.8. The number of hydrogen-bond acceptors (Lipinski definition) is 6. The number of nitrogens with one attached hydrogen (secondary N) is 1. The molecule has 7 heteroatoms. The average molecular weight is 331 g/mol. The van der Waals surface area contributed by atoms with Gasteiger partial charge in [-0.05, 0) is 43.0 Å². The lowest BCUT2D eigenvalue weighted by atomic mass is 10.1. The number of aromatic nitrogens is 2. The van der Waals surface area contributed by atoms with Crippen LogP contribution in [0, 0.1) is 5.92 Å². The van der Waals surface area contributed by atoms with Gasteiger partial charge in [-0.2, -0.15) is 0 Å². The first kappa shape index (κ1) is 14.8. The van der Waals surface area contributed by atoms with Gasteiger partial charge in [0.2, 0.25) is 5.91 Å². The molecule has 2 aromatic rings. The summed E-state index contributed by atoms with van der Waals surface area (Å²) in [5, 5.41) is 6.09. The van der Waals surface area contributed by atoms with Crippen LogP contribution in [0.1, 0.15) is 25.7 Å². The smallest absolute Gasteiger partial charge is 0.242 e. The summed E-state index contributed by atoms with van der Waals surface area (Å²) in [5.74, 6) is 1.54. The molecule has 1 amide bonds. The maximum atomic E-state index is 12.6. The summed E-state index contributed by atoms with van der Waals surface area (Å²) in [4.78, 5) is 24.4. The minimum absolute atomic E-state index is 0.0700. The minimum Gasteiger partial charge on any atom is -0.353 e. The molecule has 2 aliphatic rings.